The number of nitrogens with zero attached hydrogens (tertiary/aromatic N) is 1. The fourth-order valence-corrected chi connectivity index (χ4v) is 4.52. The summed E-state index contributed by atoms with van der Waals surface area (Å²) >= 11 is 5.51. The summed E-state index contributed by atoms with van der Waals surface area (Å²) in [5.74, 6) is -0.323. The summed E-state index contributed by atoms with van der Waals surface area (Å²) in [6.07, 6.45) is 0. The molecule has 2 heterocycles. The van der Waals surface area contributed by atoms with Crippen molar-refractivity contribution in [2.45, 2.75) is 4.21 Å². The molecular weight excluding hydrogens is 386 g/mol. The molecule has 0 unspecified atom stereocenters. The monoisotopic (exact) mass is 395 g/mol. The number of thiophene rings is 1. The highest BCUT2D eigenvalue weighted by Gasteiger charge is 2.14. The molecule has 0 radical (unpaired) electrons. The van der Waals surface area contributed by atoms with Crippen molar-refractivity contribution in [3.8, 4) is 0 Å². The highest BCUT2D eigenvalue weighted by molar-refractivity contribution is 9.10. The van der Waals surface area contributed by atoms with E-state index in [2.05, 4.69) is 31.0 Å². The van der Waals surface area contributed by atoms with E-state index in [0.29, 0.717) is 9.61 Å². The number of aromatic nitrogens is 1. The van der Waals surface area contributed by atoms with Crippen LogP contribution < -0.4 is 10.0 Å². The molecular formula is C10H10BrN3O3S3. The van der Waals surface area contributed by atoms with Crippen molar-refractivity contribution in [2.75, 3.05) is 13.1 Å². The highest BCUT2D eigenvalue weighted by Crippen LogP contribution is 2.15. The van der Waals surface area contributed by atoms with Crippen LogP contribution in [0.25, 0.3) is 0 Å². The average Bonchev–Trinajstić information content (AvgIpc) is 3.05. The molecule has 0 bridgehead atoms. The van der Waals surface area contributed by atoms with E-state index in [1.807, 2.05) is 0 Å². The van der Waals surface area contributed by atoms with Gasteiger partial charge < -0.3 is 5.32 Å². The van der Waals surface area contributed by atoms with E-state index in [4.69, 9.17) is 0 Å². The Balaban J connectivity index is 1.78. The maximum absolute atomic E-state index is 11.8. The molecule has 2 aromatic rings. The molecule has 2 rings (SSSR count). The van der Waals surface area contributed by atoms with E-state index in [1.54, 1.807) is 16.8 Å². The van der Waals surface area contributed by atoms with Crippen LogP contribution in [0.1, 0.15) is 9.80 Å². The molecule has 0 spiro atoms. The van der Waals surface area contributed by atoms with Gasteiger partial charge in [-0.2, -0.15) is 0 Å². The SMILES string of the molecule is O=C(NCCNS(=O)(=O)c1cccs1)c1nc(Br)cs1. The number of carbonyl (C=O) groups is 1. The van der Waals surface area contributed by atoms with Crippen LogP contribution in [0.4, 0.5) is 0 Å². The zero-order valence-electron chi connectivity index (χ0n) is 10.00. The Morgan fingerprint density at radius 1 is 1.35 bits per heavy atom. The minimum atomic E-state index is -3.48. The molecule has 2 aromatic heterocycles. The Hall–Kier alpha value is -0.810. The normalized spacial score (nSPS) is 11.4. The zero-order valence-corrected chi connectivity index (χ0v) is 14.0. The van der Waals surface area contributed by atoms with Gasteiger partial charge in [0.25, 0.3) is 5.91 Å². The van der Waals surface area contributed by atoms with Crippen molar-refractivity contribution in [2.24, 2.45) is 0 Å². The number of thiazole rings is 1. The summed E-state index contributed by atoms with van der Waals surface area (Å²) in [5.41, 5.74) is 0. The van der Waals surface area contributed by atoms with Gasteiger partial charge in [0.15, 0.2) is 5.01 Å². The quantitative estimate of drug-likeness (QED) is 0.728. The predicted octanol–water partition coefficient (Wildman–Crippen LogP) is 1.68. The third-order valence-corrected chi connectivity index (χ3v) is 6.54. The van der Waals surface area contributed by atoms with E-state index >= 15 is 0 Å². The zero-order chi connectivity index (χ0) is 14.6. The topological polar surface area (TPSA) is 88.2 Å². The van der Waals surface area contributed by atoms with E-state index in [-0.39, 0.29) is 23.2 Å². The Labute approximate surface area is 132 Å². The number of carbonyl (C=O) groups excluding carboxylic acids is 1. The van der Waals surface area contributed by atoms with Crippen LogP contribution in [-0.2, 0) is 10.0 Å². The van der Waals surface area contributed by atoms with Crippen molar-refractivity contribution in [3.05, 3.63) is 32.5 Å². The van der Waals surface area contributed by atoms with Crippen molar-refractivity contribution < 1.29 is 13.2 Å². The maximum atomic E-state index is 11.8. The molecule has 0 aliphatic heterocycles. The van der Waals surface area contributed by atoms with Crippen molar-refractivity contribution in [1.29, 1.82) is 0 Å². The van der Waals surface area contributed by atoms with Gasteiger partial charge in [-0.15, -0.1) is 22.7 Å². The number of hydrogen-bond acceptors (Lipinski definition) is 6. The number of hydrogen-bond donors (Lipinski definition) is 2. The molecule has 0 atom stereocenters. The second kappa shape index (κ2) is 6.76. The molecule has 20 heavy (non-hydrogen) atoms. The minimum absolute atomic E-state index is 0.124. The van der Waals surface area contributed by atoms with E-state index in [0.717, 1.165) is 11.3 Å². The molecule has 10 heteroatoms. The summed E-state index contributed by atoms with van der Waals surface area (Å²) < 4.78 is 26.8. The standard InChI is InChI=1S/C10H10BrN3O3S3/c11-7-6-19-10(14-7)9(15)12-3-4-13-20(16,17)8-2-1-5-18-8/h1-2,5-6,13H,3-4H2,(H,12,15). The van der Waals surface area contributed by atoms with E-state index < -0.39 is 10.0 Å². The summed E-state index contributed by atoms with van der Waals surface area (Å²) in [5, 5.41) is 6.32. The summed E-state index contributed by atoms with van der Waals surface area (Å²) in [6.45, 7) is 0.319. The Morgan fingerprint density at radius 2 is 2.15 bits per heavy atom. The summed E-state index contributed by atoms with van der Waals surface area (Å²) in [6, 6.07) is 3.19. The lowest BCUT2D eigenvalue weighted by Gasteiger charge is -2.05. The molecule has 0 aliphatic carbocycles. The fraction of sp³-hybridized carbons (Fsp3) is 0.200. The van der Waals surface area contributed by atoms with Crippen LogP contribution in [0.3, 0.4) is 0 Å². The lowest BCUT2D eigenvalue weighted by molar-refractivity contribution is 0.0954. The number of sulfonamides is 1. The molecule has 2 N–H and O–H groups in total. The first kappa shape index (κ1) is 15.6. The lowest BCUT2D eigenvalue weighted by Crippen LogP contribution is -2.34. The van der Waals surface area contributed by atoms with Crippen molar-refractivity contribution in [1.82, 2.24) is 15.0 Å². The maximum Gasteiger partial charge on any atom is 0.280 e. The van der Waals surface area contributed by atoms with Crippen LogP contribution in [0.2, 0.25) is 0 Å². The molecule has 0 saturated heterocycles. The van der Waals surface area contributed by atoms with Gasteiger partial charge in [0.05, 0.1) is 0 Å². The van der Waals surface area contributed by atoms with Crippen LogP contribution in [0, 0.1) is 0 Å². The lowest BCUT2D eigenvalue weighted by atomic mass is 10.5. The largest absolute Gasteiger partial charge is 0.349 e. The van der Waals surface area contributed by atoms with Gasteiger partial charge in [-0.3, -0.25) is 4.79 Å². The van der Waals surface area contributed by atoms with Gasteiger partial charge in [-0.25, -0.2) is 18.1 Å². The first-order chi connectivity index (χ1) is 9.49. The van der Waals surface area contributed by atoms with Gasteiger partial charge in [-0.05, 0) is 27.4 Å². The van der Waals surface area contributed by atoms with Gasteiger partial charge in [0.1, 0.15) is 8.81 Å². The molecule has 108 valence electrons. The summed E-state index contributed by atoms with van der Waals surface area (Å²) in [7, 11) is -3.48. The second-order valence-electron chi connectivity index (χ2n) is 3.56. The summed E-state index contributed by atoms with van der Waals surface area (Å²) in [4.78, 5) is 15.6. The van der Waals surface area contributed by atoms with E-state index in [9.17, 15) is 13.2 Å². The predicted molar refractivity (Wildman–Crippen MR) is 81.7 cm³/mol. The number of rotatable bonds is 6. The smallest absolute Gasteiger partial charge is 0.280 e. The molecule has 0 saturated carbocycles. The minimum Gasteiger partial charge on any atom is -0.349 e. The second-order valence-corrected chi connectivity index (χ2v) is 8.17. The van der Waals surface area contributed by atoms with Crippen molar-refractivity contribution >= 4 is 54.5 Å². The van der Waals surface area contributed by atoms with Gasteiger partial charge in [0.2, 0.25) is 10.0 Å². The first-order valence-electron chi connectivity index (χ1n) is 5.41. The van der Waals surface area contributed by atoms with E-state index in [1.165, 1.54) is 17.4 Å². The highest BCUT2D eigenvalue weighted by atomic mass is 79.9. The Bertz CT molecular complexity index is 682. The van der Waals surface area contributed by atoms with Gasteiger partial charge in [-0.1, -0.05) is 6.07 Å². The molecule has 6 nitrogen and oxygen atoms in total. The first-order valence-corrected chi connectivity index (χ1v) is 9.45. The number of halogens is 1. The van der Waals surface area contributed by atoms with Crippen LogP contribution in [0.15, 0.2) is 31.7 Å². The molecule has 0 aromatic carbocycles. The number of amides is 1. The van der Waals surface area contributed by atoms with Crippen molar-refractivity contribution in [3.63, 3.8) is 0 Å². The van der Waals surface area contributed by atoms with Crippen LogP contribution in [0.5, 0.6) is 0 Å². The fourth-order valence-electron chi connectivity index (χ4n) is 1.28. The molecule has 0 aliphatic rings. The Morgan fingerprint density at radius 3 is 2.75 bits per heavy atom. The molecule has 1 amide bonds. The third-order valence-electron chi connectivity index (χ3n) is 2.13. The number of nitrogens with one attached hydrogen (secondary N) is 2. The van der Waals surface area contributed by atoms with Gasteiger partial charge in [0, 0.05) is 18.5 Å². The average molecular weight is 396 g/mol. The van der Waals surface area contributed by atoms with Crippen LogP contribution in [-0.4, -0.2) is 32.4 Å². The third kappa shape index (κ3) is 4.09. The van der Waals surface area contributed by atoms with Gasteiger partial charge >= 0.3 is 0 Å². The molecule has 0 fully saturated rings. The van der Waals surface area contributed by atoms with Crippen LogP contribution >= 0.6 is 38.6 Å². The Kier molecular flexibility index (Phi) is 5.27.